The number of hydrogen-bond acceptors (Lipinski definition) is 2. The lowest BCUT2D eigenvalue weighted by Crippen LogP contribution is -2.31. The monoisotopic (exact) mass is 315 g/mol. The number of carbonyl (C=O) groups excluding carboxylic acids is 1. The van der Waals surface area contributed by atoms with Crippen molar-refractivity contribution in [1.29, 1.82) is 0 Å². The second-order valence-corrected chi connectivity index (χ2v) is 7.68. The minimum Gasteiger partial charge on any atom is -0.299 e. The maximum absolute atomic E-state index is 13.7. The van der Waals surface area contributed by atoms with Crippen LogP contribution in [0.4, 0.5) is 4.39 Å². The third kappa shape index (κ3) is 3.88. The largest absolute Gasteiger partial charge is 0.299 e. The molecule has 0 aromatic heterocycles. The molecule has 1 fully saturated rings. The van der Waals surface area contributed by atoms with Gasteiger partial charge in [-0.1, -0.05) is 31.7 Å². The van der Waals surface area contributed by atoms with Crippen LogP contribution < -0.4 is 0 Å². The quantitative estimate of drug-likeness (QED) is 0.731. The SMILES string of the molecule is CC1(C)Cc2ccc(F)cc2C(CC(=O)C2CCCCCC2)=N1. The lowest BCUT2D eigenvalue weighted by Gasteiger charge is -2.29. The molecule has 0 unspecified atom stereocenters. The molecule has 0 spiro atoms. The number of rotatable bonds is 3. The first-order valence-electron chi connectivity index (χ1n) is 8.85. The molecule has 1 aromatic rings. The summed E-state index contributed by atoms with van der Waals surface area (Å²) in [6.07, 6.45) is 7.95. The third-order valence-electron chi connectivity index (χ3n) is 5.10. The van der Waals surface area contributed by atoms with E-state index in [0.29, 0.717) is 12.2 Å². The van der Waals surface area contributed by atoms with E-state index in [2.05, 4.69) is 13.8 Å². The molecule has 1 aliphatic heterocycles. The minimum absolute atomic E-state index is 0.169. The smallest absolute Gasteiger partial charge is 0.141 e. The topological polar surface area (TPSA) is 29.4 Å². The number of carbonyl (C=O) groups is 1. The van der Waals surface area contributed by atoms with Crippen molar-refractivity contribution in [3.8, 4) is 0 Å². The van der Waals surface area contributed by atoms with E-state index in [1.54, 1.807) is 6.07 Å². The summed E-state index contributed by atoms with van der Waals surface area (Å²) < 4.78 is 13.7. The predicted octanol–water partition coefficient (Wildman–Crippen LogP) is 4.88. The van der Waals surface area contributed by atoms with Gasteiger partial charge in [-0.2, -0.15) is 0 Å². The molecule has 2 nitrogen and oxygen atoms in total. The van der Waals surface area contributed by atoms with Crippen molar-refractivity contribution in [2.24, 2.45) is 10.9 Å². The summed E-state index contributed by atoms with van der Waals surface area (Å²) in [5.74, 6) is 0.207. The average molecular weight is 315 g/mol. The molecule has 3 rings (SSSR count). The first-order chi connectivity index (χ1) is 10.9. The fraction of sp³-hybridized carbons (Fsp3) is 0.600. The lowest BCUT2D eigenvalue weighted by molar-refractivity contribution is -0.122. The Bertz CT molecular complexity index is 625. The van der Waals surface area contributed by atoms with E-state index in [1.165, 1.54) is 18.9 Å². The van der Waals surface area contributed by atoms with Crippen molar-refractivity contribution in [3.63, 3.8) is 0 Å². The Kier molecular flexibility index (Phi) is 4.65. The van der Waals surface area contributed by atoms with Crippen LogP contribution in [0.25, 0.3) is 0 Å². The molecule has 0 atom stereocenters. The van der Waals surface area contributed by atoms with E-state index in [4.69, 9.17) is 4.99 Å². The Morgan fingerprint density at radius 3 is 2.61 bits per heavy atom. The van der Waals surface area contributed by atoms with E-state index in [1.807, 2.05) is 6.07 Å². The van der Waals surface area contributed by atoms with Gasteiger partial charge in [-0.05, 0) is 50.8 Å². The highest BCUT2D eigenvalue weighted by atomic mass is 19.1. The van der Waals surface area contributed by atoms with E-state index < -0.39 is 0 Å². The van der Waals surface area contributed by atoms with Crippen molar-refractivity contribution < 1.29 is 9.18 Å². The standard InChI is InChI=1S/C20H26FNO/c1-20(2)13-15-9-10-16(21)11-17(15)18(22-20)12-19(23)14-7-5-3-4-6-8-14/h9-11,14H,3-8,12-13H2,1-2H3. The van der Waals surface area contributed by atoms with Gasteiger partial charge in [0.05, 0.1) is 11.3 Å². The van der Waals surface area contributed by atoms with Crippen LogP contribution in [0.3, 0.4) is 0 Å². The molecule has 124 valence electrons. The van der Waals surface area contributed by atoms with Gasteiger partial charge in [0.15, 0.2) is 0 Å². The number of fused-ring (bicyclic) bond motifs is 1. The van der Waals surface area contributed by atoms with Gasteiger partial charge in [-0.25, -0.2) is 4.39 Å². The molecule has 23 heavy (non-hydrogen) atoms. The molecule has 0 saturated heterocycles. The summed E-state index contributed by atoms with van der Waals surface area (Å²) in [4.78, 5) is 17.5. The molecule has 0 N–H and O–H groups in total. The number of hydrogen-bond donors (Lipinski definition) is 0. The van der Waals surface area contributed by atoms with Crippen LogP contribution in [0, 0.1) is 11.7 Å². The van der Waals surface area contributed by atoms with Crippen molar-refractivity contribution >= 4 is 11.5 Å². The fourth-order valence-electron chi connectivity index (χ4n) is 3.95. The molecule has 1 aliphatic carbocycles. The van der Waals surface area contributed by atoms with Crippen LogP contribution in [0.5, 0.6) is 0 Å². The zero-order valence-electron chi connectivity index (χ0n) is 14.2. The van der Waals surface area contributed by atoms with Crippen molar-refractivity contribution in [1.82, 2.24) is 0 Å². The van der Waals surface area contributed by atoms with E-state index in [0.717, 1.165) is 48.9 Å². The molecule has 1 saturated carbocycles. The maximum atomic E-state index is 13.7. The molecular weight excluding hydrogens is 289 g/mol. The van der Waals surface area contributed by atoms with Gasteiger partial charge in [0.2, 0.25) is 0 Å². The summed E-state index contributed by atoms with van der Waals surface area (Å²) >= 11 is 0. The van der Waals surface area contributed by atoms with Crippen molar-refractivity contribution in [2.45, 2.75) is 70.8 Å². The van der Waals surface area contributed by atoms with Crippen molar-refractivity contribution in [3.05, 3.63) is 35.1 Å². The van der Waals surface area contributed by atoms with Crippen molar-refractivity contribution in [2.75, 3.05) is 0 Å². The summed E-state index contributed by atoms with van der Waals surface area (Å²) in [6, 6.07) is 4.89. The van der Waals surface area contributed by atoms with Crippen LogP contribution in [0.15, 0.2) is 23.2 Å². The molecule has 2 aliphatic rings. The van der Waals surface area contributed by atoms with Crippen LogP contribution in [-0.2, 0) is 11.2 Å². The number of Topliss-reactive ketones (excluding diaryl/α,β-unsaturated/α-hetero) is 1. The van der Waals surface area contributed by atoms with Gasteiger partial charge < -0.3 is 0 Å². The number of ketones is 1. The van der Waals surface area contributed by atoms with Gasteiger partial charge in [0, 0.05) is 17.9 Å². The Labute approximate surface area is 138 Å². The second-order valence-electron chi connectivity index (χ2n) is 7.68. The molecular formula is C20H26FNO. The maximum Gasteiger partial charge on any atom is 0.141 e. The first kappa shape index (κ1) is 16.4. The molecule has 0 amide bonds. The van der Waals surface area contributed by atoms with Crippen LogP contribution in [-0.4, -0.2) is 17.0 Å². The fourth-order valence-corrected chi connectivity index (χ4v) is 3.95. The highest BCUT2D eigenvalue weighted by Gasteiger charge is 2.29. The Morgan fingerprint density at radius 2 is 1.91 bits per heavy atom. The Balaban J connectivity index is 1.84. The summed E-state index contributed by atoms with van der Waals surface area (Å²) in [7, 11) is 0. The molecule has 1 aromatic carbocycles. The lowest BCUT2D eigenvalue weighted by atomic mass is 9.83. The molecule has 0 radical (unpaired) electrons. The number of nitrogens with zero attached hydrogens (tertiary/aromatic N) is 1. The number of aliphatic imine (C=N–C) groups is 1. The minimum atomic E-state index is -0.252. The third-order valence-corrected chi connectivity index (χ3v) is 5.10. The van der Waals surface area contributed by atoms with Crippen LogP contribution in [0.1, 0.15) is 69.9 Å². The van der Waals surface area contributed by atoms with Crippen LogP contribution in [0.2, 0.25) is 0 Å². The number of halogens is 1. The summed E-state index contributed by atoms with van der Waals surface area (Å²) in [5, 5.41) is 0. The van der Waals surface area contributed by atoms with Gasteiger partial charge in [-0.15, -0.1) is 0 Å². The Morgan fingerprint density at radius 1 is 1.22 bits per heavy atom. The normalized spacial score (nSPS) is 21.3. The highest BCUT2D eigenvalue weighted by Crippen LogP contribution is 2.30. The Hall–Kier alpha value is -1.51. The highest BCUT2D eigenvalue weighted by molar-refractivity contribution is 6.13. The van der Waals surface area contributed by atoms with E-state index >= 15 is 0 Å². The van der Waals surface area contributed by atoms with Gasteiger partial charge >= 0.3 is 0 Å². The van der Waals surface area contributed by atoms with Crippen LogP contribution >= 0.6 is 0 Å². The first-order valence-corrected chi connectivity index (χ1v) is 8.85. The predicted molar refractivity (Wildman–Crippen MR) is 91.5 cm³/mol. The summed E-state index contributed by atoms with van der Waals surface area (Å²) in [6.45, 7) is 4.16. The molecule has 0 bridgehead atoms. The second kappa shape index (κ2) is 6.54. The number of benzene rings is 1. The van der Waals surface area contributed by atoms with Gasteiger partial charge in [-0.3, -0.25) is 9.79 Å². The van der Waals surface area contributed by atoms with Gasteiger partial charge in [0.1, 0.15) is 11.6 Å². The zero-order chi connectivity index (χ0) is 16.4. The molecule has 1 heterocycles. The van der Waals surface area contributed by atoms with Gasteiger partial charge in [0.25, 0.3) is 0 Å². The van der Waals surface area contributed by atoms with E-state index in [-0.39, 0.29) is 17.3 Å². The van der Waals surface area contributed by atoms with E-state index in [9.17, 15) is 9.18 Å². The molecule has 3 heteroatoms. The average Bonchev–Trinajstić information content (AvgIpc) is 2.76. The zero-order valence-corrected chi connectivity index (χ0v) is 14.2. The summed E-state index contributed by atoms with van der Waals surface area (Å²) in [5.41, 5.74) is 2.51.